The zero-order valence-electron chi connectivity index (χ0n) is 10.9. The zero-order chi connectivity index (χ0) is 18.8. The maximum atomic E-state index is 13.6. The Hall–Kier alpha value is -1.88. The van der Waals surface area contributed by atoms with E-state index in [-0.39, 0.29) is 18.3 Å². The minimum absolute atomic E-state index is 0.0741. The maximum absolute atomic E-state index is 13.6. The van der Waals surface area contributed by atoms with Gasteiger partial charge in [0, 0.05) is 12.3 Å². The van der Waals surface area contributed by atoms with Crippen molar-refractivity contribution in [2.24, 2.45) is 0 Å². The monoisotopic (exact) mass is 371 g/mol. The van der Waals surface area contributed by atoms with Crippen LogP contribution in [0.1, 0.15) is 11.3 Å². The molecule has 0 amide bonds. The van der Waals surface area contributed by atoms with Crippen molar-refractivity contribution in [1.82, 2.24) is 4.98 Å². The third-order valence-electron chi connectivity index (χ3n) is 3.24. The lowest BCUT2D eigenvalue weighted by Gasteiger charge is -2.40. The second-order valence-corrected chi connectivity index (χ2v) is 4.83. The van der Waals surface area contributed by atoms with E-state index in [9.17, 15) is 48.3 Å². The van der Waals surface area contributed by atoms with Gasteiger partial charge >= 0.3 is 29.9 Å². The summed E-state index contributed by atoms with van der Waals surface area (Å²) in [4.78, 5) is 2.76. The Bertz CT molecular complexity index is 669. The van der Waals surface area contributed by atoms with E-state index in [2.05, 4.69) is 4.98 Å². The van der Waals surface area contributed by atoms with Gasteiger partial charge in [-0.2, -0.15) is 48.3 Å². The molecule has 12 heteroatoms. The van der Waals surface area contributed by atoms with Crippen LogP contribution in [0.25, 0.3) is 5.57 Å². The summed E-state index contributed by atoms with van der Waals surface area (Å²) in [5, 5.41) is 0. The Labute approximate surface area is 125 Å². The van der Waals surface area contributed by atoms with Crippen molar-refractivity contribution in [3.8, 4) is 0 Å². The third kappa shape index (κ3) is 2.34. The Morgan fingerprint density at radius 3 is 1.75 bits per heavy atom. The molecule has 0 N–H and O–H groups in total. The normalized spacial score (nSPS) is 24.4. The average Bonchev–Trinajstić information content (AvgIpc) is 2.42. The van der Waals surface area contributed by atoms with Gasteiger partial charge in [-0.15, -0.1) is 0 Å². The van der Waals surface area contributed by atoms with Gasteiger partial charge in [0.2, 0.25) is 0 Å². The van der Waals surface area contributed by atoms with Crippen LogP contribution in [-0.4, -0.2) is 28.7 Å². The van der Waals surface area contributed by atoms with Crippen LogP contribution in [-0.2, 0) is 6.18 Å². The van der Waals surface area contributed by atoms with Gasteiger partial charge in [0.1, 0.15) is 0 Å². The number of hydrogen-bond donors (Lipinski definition) is 0. The first-order valence-corrected chi connectivity index (χ1v) is 5.84. The number of alkyl halides is 11. The molecule has 0 radical (unpaired) electrons. The van der Waals surface area contributed by atoms with E-state index in [1.807, 2.05) is 0 Å². The fraction of sp³-hybridized carbons (Fsp3) is 0.417. The smallest absolute Gasteiger partial charge is 0.256 e. The van der Waals surface area contributed by atoms with Crippen LogP contribution in [0.2, 0.25) is 0 Å². The minimum Gasteiger partial charge on any atom is -0.256 e. The van der Waals surface area contributed by atoms with Gasteiger partial charge in [0.15, 0.2) is 0 Å². The summed E-state index contributed by atoms with van der Waals surface area (Å²) in [6, 6.07) is 0.223. The standard InChI is InChI=1S/C12H4F11N/c13-8(14)3-6(9(15,16)12(22,23)11(8,20)21)7-2-1-5(4-24-7)10(17,18)19/h1-4H. The summed E-state index contributed by atoms with van der Waals surface area (Å²) in [5.41, 5.74) is -5.19. The summed E-state index contributed by atoms with van der Waals surface area (Å²) in [7, 11) is 0. The highest BCUT2D eigenvalue weighted by Crippen LogP contribution is 2.60. The van der Waals surface area contributed by atoms with E-state index in [1.54, 1.807) is 0 Å². The van der Waals surface area contributed by atoms with E-state index in [0.717, 1.165) is 0 Å². The lowest BCUT2D eigenvalue weighted by atomic mass is 9.84. The quantitative estimate of drug-likeness (QED) is 0.631. The highest BCUT2D eigenvalue weighted by Gasteiger charge is 2.83. The molecule has 1 aliphatic carbocycles. The molecule has 0 atom stereocenters. The fourth-order valence-electron chi connectivity index (χ4n) is 1.89. The molecule has 0 bridgehead atoms. The Morgan fingerprint density at radius 1 is 0.792 bits per heavy atom. The minimum atomic E-state index is -6.49. The van der Waals surface area contributed by atoms with E-state index in [0.29, 0.717) is 0 Å². The topological polar surface area (TPSA) is 12.9 Å². The molecule has 0 aromatic carbocycles. The molecular formula is C12H4F11N. The molecule has 0 saturated carbocycles. The third-order valence-corrected chi connectivity index (χ3v) is 3.24. The number of pyridine rings is 1. The van der Waals surface area contributed by atoms with Crippen molar-refractivity contribution in [2.45, 2.75) is 29.9 Å². The lowest BCUT2D eigenvalue weighted by Crippen LogP contribution is -2.65. The molecule has 0 saturated heterocycles. The van der Waals surface area contributed by atoms with E-state index < -0.39 is 52.8 Å². The van der Waals surface area contributed by atoms with Crippen LogP contribution < -0.4 is 0 Å². The first-order valence-electron chi connectivity index (χ1n) is 5.84. The molecule has 1 nitrogen and oxygen atoms in total. The van der Waals surface area contributed by atoms with Gasteiger partial charge in [-0.1, -0.05) is 0 Å². The number of nitrogens with zero attached hydrogens (tertiary/aromatic N) is 1. The summed E-state index contributed by atoms with van der Waals surface area (Å²) in [6.07, 6.45) is -6.15. The molecule has 1 aliphatic rings. The van der Waals surface area contributed by atoms with Crippen LogP contribution in [0.3, 0.4) is 0 Å². The predicted octanol–water partition coefficient (Wildman–Crippen LogP) is 5.04. The van der Waals surface area contributed by atoms with Gasteiger partial charge in [-0.25, -0.2) is 0 Å². The molecule has 134 valence electrons. The predicted molar refractivity (Wildman–Crippen MR) is 57.0 cm³/mol. The highest BCUT2D eigenvalue weighted by molar-refractivity contribution is 5.72. The lowest BCUT2D eigenvalue weighted by molar-refractivity contribution is -0.348. The van der Waals surface area contributed by atoms with Crippen LogP contribution in [0, 0.1) is 0 Å². The molecule has 0 aliphatic heterocycles. The first kappa shape index (κ1) is 18.5. The van der Waals surface area contributed by atoms with Crippen LogP contribution in [0.4, 0.5) is 48.3 Å². The molecule has 24 heavy (non-hydrogen) atoms. The second-order valence-electron chi connectivity index (χ2n) is 4.83. The van der Waals surface area contributed by atoms with E-state index in [4.69, 9.17) is 0 Å². The first-order chi connectivity index (χ1) is 10.6. The average molecular weight is 371 g/mol. The summed E-state index contributed by atoms with van der Waals surface area (Å²) < 4.78 is 143. The molecule has 1 aromatic heterocycles. The van der Waals surface area contributed by atoms with Gasteiger partial charge in [0.05, 0.1) is 16.8 Å². The summed E-state index contributed by atoms with van der Waals surface area (Å²) in [5.74, 6) is -24.3. The number of allylic oxidation sites excluding steroid dienone is 2. The molecule has 0 spiro atoms. The van der Waals surface area contributed by atoms with Crippen molar-refractivity contribution in [3.63, 3.8) is 0 Å². The SMILES string of the molecule is FC(F)(F)c1ccc(C2=CC(F)(F)C(F)(F)C(F)(F)C2(F)F)nc1. The Kier molecular flexibility index (Phi) is 3.71. The Morgan fingerprint density at radius 2 is 1.33 bits per heavy atom. The van der Waals surface area contributed by atoms with Crippen molar-refractivity contribution >= 4 is 5.57 Å². The molecule has 0 unspecified atom stereocenters. The van der Waals surface area contributed by atoms with Crippen molar-refractivity contribution in [3.05, 3.63) is 35.7 Å². The van der Waals surface area contributed by atoms with Crippen LogP contribution >= 0.6 is 0 Å². The van der Waals surface area contributed by atoms with Crippen LogP contribution in [0.15, 0.2) is 24.4 Å². The summed E-state index contributed by atoms with van der Waals surface area (Å²) >= 11 is 0. The number of halogens is 11. The zero-order valence-corrected chi connectivity index (χ0v) is 10.9. The second kappa shape index (κ2) is 4.82. The summed E-state index contributed by atoms with van der Waals surface area (Å²) in [6.45, 7) is 0. The fourth-order valence-corrected chi connectivity index (χ4v) is 1.89. The van der Waals surface area contributed by atoms with Crippen molar-refractivity contribution < 1.29 is 48.3 Å². The number of hydrogen-bond acceptors (Lipinski definition) is 1. The molecular weight excluding hydrogens is 367 g/mol. The highest BCUT2D eigenvalue weighted by atomic mass is 19.4. The largest absolute Gasteiger partial charge is 0.417 e. The molecule has 1 heterocycles. The molecule has 2 rings (SSSR count). The maximum Gasteiger partial charge on any atom is 0.417 e. The van der Waals surface area contributed by atoms with E-state index >= 15 is 0 Å². The van der Waals surface area contributed by atoms with Gasteiger partial charge in [-0.05, 0) is 12.1 Å². The molecule has 1 aromatic rings. The van der Waals surface area contributed by atoms with Crippen LogP contribution in [0.5, 0.6) is 0 Å². The van der Waals surface area contributed by atoms with Gasteiger partial charge in [0.25, 0.3) is 0 Å². The number of rotatable bonds is 1. The molecule has 0 fully saturated rings. The Balaban J connectivity index is 2.63. The van der Waals surface area contributed by atoms with E-state index in [1.165, 1.54) is 0 Å². The van der Waals surface area contributed by atoms with Gasteiger partial charge in [-0.3, -0.25) is 4.98 Å². The number of aromatic nitrogens is 1. The van der Waals surface area contributed by atoms with Gasteiger partial charge < -0.3 is 0 Å². The van der Waals surface area contributed by atoms with Crippen molar-refractivity contribution in [1.29, 1.82) is 0 Å². The van der Waals surface area contributed by atoms with Crippen molar-refractivity contribution in [2.75, 3.05) is 0 Å².